The van der Waals surface area contributed by atoms with E-state index >= 15 is 0 Å². The van der Waals surface area contributed by atoms with Crippen LogP contribution in [0.5, 0.6) is 0 Å². The fourth-order valence-electron chi connectivity index (χ4n) is 2.72. The van der Waals surface area contributed by atoms with Crippen LogP contribution >= 0.6 is 11.8 Å². The highest BCUT2D eigenvalue weighted by Gasteiger charge is 2.17. The van der Waals surface area contributed by atoms with E-state index in [-0.39, 0.29) is 6.04 Å². The molecule has 21 heavy (non-hydrogen) atoms. The number of rotatable bonds is 6. The molecule has 0 radical (unpaired) electrons. The summed E-state index contributed by atoms with van der Waals surface area (Å²) in [6.45, 7) is 11.4. The number of benzene rings is 1. The van der Waals surface area contributed by atoms with Crippen LogP contribution in [-0.2, 0) is 0 Å². The van der Waals surface area contributed by atoms with Crippen molar-refractivity contribution >= 4 is 11.8 Å². The van der Waals surface area contributed by atoms with Crippen molar-refractivity contribution in [2.75, 3.05) is 12.3 Å². The second-order valence-electron chi connectivity index (χ2n) is 5.32. The van der Waals surface area contributed by atoms with Crippen LogP contribution in [0.2, 0.25) is 0 Å². The zero-order valence-electron chi connectivity index (χ0n) is 13.4. The van der Waals surface area contributed by atoms with Crippen LogP contribution in [0.4, 0.5) is 0 Å². The van der Waals surface area contributed by atoms with Gasteiger partial charge in [-0.2, -0.15) is 0 Å². The van der Waals surface area contributed by atoms with E-state index in [0.717, 1.165) is 12.3 Å². The third-order valence-corrected chi connectivity index (χ3v) is 4.33. The summed E-state index contributed by atoms with van der Waals surface area (Å²) in [5.41, 5.74) is 5.36. The molecule has 4 nitrogen and oxygen atoms in total. The molecule has 0 aliphatic heterocycles. The minimum absolute atomic E-state index is 0.285. The molecule has 0 bridgehead atoms. The molecule has 0 saturated heterocycles. The van der Waals surface area contributed by atoms with Gasteiger partial charge in [-0.15, -0.1) is 10.2 Å². The Balaban J connectivity index is 2.18. The molecule has 2 rings (SSSR count). The fraction of sp³-hybridized carbons (Fsp3) is 0.500. The molecule has 0 fully saturated rings. The first-order valence-electron chi connectivity index (χ1n) is 7.25. The van der Waals surface area contributed by atoms with Crippen LogP contribution in [-0.4, -0.2) is 22.5 Å². The smallest absolute Gasteiger partial charge is 0.276 e. The number of nitrogens with zero attached hydrogens (tertiary/aromatic N) is 2. The summed E-state index contributed by atoms with van der Waals surface area (Å²) in [6, 6.07) is 4.77. The van der Waals surface area contributed by atoms with Gasteiger partial charge in [-0.1, -0.05) is 36.4 Å². The minimum Gasteiger partial charge on any atom is -0.416 e. The normalized spacial score (nSPS) is 12.6. The minimum atomic E-state index is 0.285. The van der Waals surface area contributed by atoms with Gasteiger partial charge in [-0.3, -0.25) is 0 Å². The summed E-state index contributed by atoms with van der Waals surface area (Å²) in [7, 11) is 0. The van der Waals surface area contributed by atoms with Crippen molar-refractivity contribution in [3.05, 3.63) is 40.3 Å². The van der Waals surface area contributed by atoms with E-state index in [0.29, 0.717) is 11.1 Å². The molecule has 1 unspecified atom stereocenters. The predicted octanol–water partition coefficient (Wildman–Crippen LogP) is 3.75. The van der Waals surface area contributed by atoms with Crippen LogP contribution in [0.3, 0.4) is 0 Å². The molecule has 0 amide bonds. The number of thioether (sulfide) groups is 1. The first-order chi connectivity index (χ1) is 10.0. The molecule has 0 saturated carbocycles. The van der Waals surface area contributed by atoms with E-state index in [4.69, 9.17) is 4.42 Å². The highest BCUT2D eigenvalue weighted by molar-refractivity contribution is 7.99. The van der Waals surface area contributed by atoms with Crippen molar-refractivity contribution in [3.63, 3.8) is 0 Å². The Morgan fingerprint density at radius 1 is 1.14 bits per heavy atom. The molecular formula is C16H23N3OS. The maximum atomic E-state index is 5.44. The van der Waals surface area contributed by atoms with Gasteiger partial charge in [0, 0.05) is 18.7 Å². The van der Waals surface area contributed by atoms with Crippen molar-refractivity contribution in [3.8, 4) is 0 Å². The summed E-state index contributed by atoms with van der Waals surface area (Å²) in [6.07, 6.45) is 0. The topological polar surface area (TPSA) is 51.0 Å². The van der Waals surface area contributed by atoms with Crippen molar-refractivity contribution < 1.29 is 4.42 Å². The Morgan fingerprint density at radius 2 is 1.81 bits per heavy atom. The third-order valence-electron chi connectivity index (χ3n) is 3.42. The Morgan fingerprint density at radius 3 is 2.33 bits per heavy atom. The van der Waals surface area contributed by atoms with E-state index in [1.54, 1.807) is 11.8 Å². The summed E-state index contributed by atoms with van der Waals surface area (Å²) in [5, 5.41) is 12.1. The molecule has 1 heterocycles. The van der Waals surface area contributed by atoms with E-state index in [1.807, 2.05) is 6.92 Å². The van der Waals surface area contributed by atoms with Crippen LogP contribution in [0.15, 0.2) is 21.8 Å². The first-order valence-corrected chi connectivity index (χ1v) is 8.23. The Kier molecular flexibility index (Phi) is 5.42. The molecule has 0 aliphatic carbocycles. The van der Waals surface area contributed by atoms with E-state index in [1.165, 1.54) is 22.3 Å². The number of nitrogens with one attached hydrogen (secondary N) is 1. The van der Waals surface area contributed by atoms with E-state index in [2.05, 4.69) is 55.3 Å². The highest BCUT2D eigenvalue weighted by Crippen LogP contribution is 2.28. The quantitative estimate of drug-likeness (QED) is 0.824. The summed E-state index contributed by atoms with van der Waals surface area (Å²) in [4.78, 5) is 0. The lowest BCUT2D eigenvalue weighted by Gasteiger charge is -2.22. The average Bonchev–Trinajstić information content (AvgIpc) is 2.80. The Labute approximate surface area is 130 Å². The van der Waals surface area contributed by atoms with Gasteiger partial charge in [-0.05, 0) is 44.0 Å². The second-order valence-corrected chi connectivity index (χ2v) is 6.29. The standard InChI is InChI=1S/C16H23N3OS/c1-6-17-14(9-21-16-19-18-13(5)20-16)15-11(3)7-10(2)8-12(15)4/h7-8,14,17H,6,9H2,1-5H3. The number of hydrogen-bond acceptors (Lipinski definition) is 5. The Hall–Kier alpha value is -1.33. The number of aromatic nitrogens is 2. The van der Waals surface area contributed by atoms with Gasteiger partial charge in [0.25, 0.3) is 5.22 Å². The van der Waals surface area contributed by atoms with Gasteiger partial charge >= 0.3 is 0 Å². The van der Waals surface area contributed by atoms with Crippen molar-refractivity contribution in [1.29, 1.82) is 0 Å². The van der Waals surface area contributed by atoms with Crippen molar-refractivity contribution in [2.24, 2.45) is 0 Å². The molecule has 0 spiro atoms. The van der Waals surface area contributed by atoms with Gasteiger partial charge in [-0.25, -0.2) is 0 Å². The molecule has 2 aromatic rings. The molecular weight excluding hydrogens is 282 g/mol. The maximum Gasteiger partial charge on any atom is 0.276 e. The van der Waals surface area contributed by atoms with Gasteiger partial charge in [0.05, 0.1) is 0 Å². The summed E-state index contributed by atoms with van der Waals surface area (Å²) in [5.74, 6) is 1.49. The van der Waals surface area contributed by atoms with Crippen LogP contribution in [0, 0.1) is 27.7 Å². The van der Waals surface area contributed by atoms with E-state index < -0.39 is 0 Å². The van der Waals surface area contributed by atoms with Gasteiger partial charge in [0.1, 0.15) is 0 Å². The monoisotopic (exact) mass is 305 g/mol. The van der Waals surface area contributed by atoms with Crippen LogP contribution in [0.25, 0.3) is 0 Å². The second kappa shape index (κ2) is 7.09. The lowest BCUT2D eigenvalue weighted by atomic mass is 9.95. The predicted molar refractivity (Wildman–Crippen MR) is 86.8 cm³/mol. The average molecular weight is 305 g/mol. The molecule has 1 aromatic heterocycles. The van der Waals surface area contributed by atoms with Crippen molar-refractivity contribution in [2.45, 2.75) is 45.9 Å². The molecule has 5 heteroatoms. The third kappa shape index (κ3) is 4.08. The van der Waals surface area contributed by atoms with Crippen LogP contribution < -0.4 is 5.32 Å². The van der Waals surface area contributed by atoms with Gasteiger partial charge in [0.15, 0.2) is 0 Å². The molecule has 1 aromatic carbocycles. The molecule has 114 valence electrons. The maximum absolute atomic E-state index is 5.44. The largest absolute Gasteiger partial charge is 0.416 e. The molecule has 1 atom stereocenters. The van der Waals surface area contributed by atoms with Crippen LogP contribution in [0.1, 0.15) is 41.1 Å². The molecule has 0 aliphatic rings. The Bertz CT molecular complexity index is 586. The lowest BCUT2D eigenvalue weighted by Crippen LogP contribution is -2.24. The zero-order chi connectivity index (χ0) is 15.4. The highest BCUT2D eigenvalue weighted by atomic mass is 32.2. The SMILES string of the molecule is CCNC(CSc1nnc(C)o1)c1c(C)cc(C)cc1C. The van der Waals surface area contributed by atoms with E-state index in [9.17, 15) is 0 Å². The van der Waals surface area contributed by atoms with Gasteiger partial charge < -0.3 is 9.73 Å². The molecule has 1 N–H and O–H groups in total. The zero-order valence-corrected chi connectivity index (χ0v) is 14.2. The lowest BCUT2D eigenvalue weighted by molar-refractivity contribution is 0.428. The van der Waals surface area contributed by atoms with Crippen molar-refractivity contribution in [1.82, 2.24) is 15.5 Å². The number of hydrogen-bond donors (Lipinski definition) is 1. The first kappa shape index (κ1) is 16.0. The summed E-state index contributed by atoms with van der Waals surface area (Å²) >= 11 is 1.60. The number of aryl methyl sites for hydroxylation is 4. The summed E-state index contributed by atoms with van der Waals surface area (Å²) < 4.78 is 5.44. The fourth-order valence-corrected chi connectivity index (χ4v) is 3.59. The van der Waals surface area contributed by atoms with Gasteiger partial charge in [0.2, 0.25) is 5.89 Å².